The van der Waals surface area contributed by atoms with Gasteiger partial charge in [-0.1, -0.05) is 15.9 Å². The Morgan fingerprint density at radius 2 is 2.07 bits per heavy atom. The highest BCUT2D eigenvalue weighted by Crippen LogP contribution is 2.38. The maximum atomic E-state index is 8.93. The first-order valence-corrected chi connectivity index (χ1v) is 5.30. The topological polar surface area (TPSA) is 38.7 Å². The van der Waals surface area contributed by atoms with Crippen LogP contribution in [0.4, 0.5) is 0 Å². The summed E-state index contributed by atoms with van der Waals surface area (Å²) in [5.41, 5.74) is 0.977. The molecule has 0 saturated carbocycles. The van der Waals surface area contributed by atoms with Crippen LogP contribution in [0.1, 0.15) is 5.56 Å². The van der Waals surface area contributed by atoms with Crippen LogP contribution in [-0.4, -0.2) is 24.9 Å². The second-order valence-electron chi connectivity index (χ2n) is 3.02. The van der Waals surface area contributed by atoms with Crippen LogP contribution >= 0.6 is 15.9 Å². The molecule has 0 aliphatic carbocycles. The van der Waals surface area contributed by atoms with Crippen LogP contribution in [0.2, 0.25) is 0 Å². The lowest BCUT2D eigenvalue weighted by Crippen LogP contribution is -2.17. The molecule has 1 aliphatic rings. The standard InChI is InChI=1S/C10H11BrO3/c11-8-1-2-9-10(7(8)3-4-12)14-6-5-13-9/h1-2,12H,3-6H2. The van der Waals surface area contributed by atoms with Gasteiger partial charge in [-0.05, 0) is 12.1 Å². The fourth-order valence-corrected chi connectivity index (χ4v) is 2.00. The van der Waals surface area contributed by atoms with Crippen molar-refractivity contribution in [3.8, 4) is 11.5 Å². The summed E-state index contributed by atoms with van der Waals surface area (Å²) in [6, 6.07) is 3.79. The van der Waals surface area contributed by atoms with E-state index in [-0.39, 0.29) is 6.61 Å². The monoisotopic (exact) mass is 258 g/mol. The highest BCUT2D eigenvalue weighted by Gasteiger charge is 2.17. The lowest BCUT2D eigenvalue weighted by Gasteiger charge is -2.21. The van der Waals surface area contributed by atoms with Gasteiger partial charge in [0.05, 0.1) is 0 Å². The molecule has 0 radical (unpaired) electrons. The first-order valence-electron chi connectivity index (χ1n) is 4.51. The first kappa shape index (κ1) is 9.80. The lowest BCUT2D eigenvalue weighted by atomic mass is 10.1. The molecule has 0 bridgehead atoms. The zero-order chi connectivity index (χ0) is 9.97. The fraction of sp³-hybridized carbons (Fsp3) is 0.400. The normalized spacial score (nSPS) is 14.1. The maximum Gasteiger partial charge on any atom is 0.165 e. The van der Waals surface area contributed by atoms with E-state index in [1.165, 1.54) is 0 Å². The molecule has 4 heteroatoms. The van der Waals surface area contributed by atoms with Gasteiger partial charge in [-0.25, -0.2) is 0 Å². The molecular formula is C10H11BrO3. The number of aliphatic hydroxyl groups is 1. The third kappa shape index (κ3) is 1.72. The summed E-state index contributed by atoms with van der Waals surface area (Å²) in [5, 5.41) is 8.93. The highest BCUT2D eigenvalue weighted by molar-refractivity contribution is 9.10. The lowest BCUT2D eigenvalue weighted by molar-refractivity contribution is 0.169. The van der Waals surface area contributed by atoms with Gasteiger partial charge in [0.1, 0.15) is 13.2 Å². The van der Waals surface area contributed by atoms with Gasteiger partial charge in [-0.2, -0.15) is 0 Å². The van der Waals surface area contributed by atoms with Gasteiger partial charge in [-0.15, -0.1) is 0 Å². The number of aliphatic hydroxyl groups excluding tert-OH is 1. The molecule has 0 saturated heterocycles. The number of benzene rings is 1. The Balaban J connectivity index is 2.43. The van der Waals surface area contributed by atoms with Crippen LogP contribution in [0, 0.1) is 0 Å². The molecule has 1 aromatic rings. The number of hydrogen-bond acceptors (Lipinski definition) is 3. The van der Waals surface area contributed by atoms with Gasteiger partial charge in [0, 0.05) is 23.1 Å². The van der Waals surface area contributed by atoms with Gasteiger partial charge in [-0.3, -0.25) is 0 Å². The zero-order valence-electron chi connectivity index (χ0n) is 7.62. The molecule has 76 valence electrons. The number of fused-ring (bicyclic) bond motifs is 1. The van der Waals surface area contributed by atoms with Crippen LogP contribution in [0.25, 0.3) is 0 Å². The summed E-state index contributed by atoms with van der Waals surface area (Å²) in [6.07, 6.45) is 0.577. The van der Waals surface area contributed by atoms with Crippen molar-refractivity contribution in [3.05, 3.63) is 22.2 Å². The molecule has 1 aliphatic heterocycles. The third-order valence-corrected chi connectivity index (χ3v) is 2.86. The van der Waals surface area contributed by atoms with E-state index in [1.54, 1.807) is 0 Å². The predicted molar refractivity (Wildman–Crippen MR) is 55.9 cm³/mol. The number of hydrogen-bond donors (Lipinski definition) is 1. The summed E-state index contributed by atoms with van der Waals surface area (Å²) >= 11 is 3.43. The summed E-state index contributed by atoms with van der Waals surface area (Å²) in [6.45, 7) is 1.27. The Hall–Kier alpha value is -0.740. The Morgan fingerprint density at radius 1 is 1.29 bits per heavy atom. The van der Waals surface area contributed by atoms with Gasteiger partial charge >= 0.3 is 0 Å². The van der Waals surface area contributed by atoms with Gasteiger partial charge < -0.3 is 14.6 Å². The molecule has 0 spiro atoms. The number of ether oxygens (including phenoxy) is 2. The Labute approximate surface area is 90.8 Å². The molecule has 3 nitrogen and oxygen atoms in total. The molecule has 0 atom stereocenters. The predicted octanol–water partition coefficient (Wildman–Crippen LogP) is 1.76. The van der Waals surface area contributed by atoms with E-state index in [1.807, 2.05) is 12.1 Å². The second-order valence-corrected chi connectivity index (χ2v) is 3.88. The molecule has 0 aromatic heterocycles. The van der Waals surface area contributed by atoms with E-state index in [9.17, 15) is 0 Å². The smallest absolute Gasteiger partial charge is 0.165 e. The van der Waals surface area contributed by atoms with Crippen molar-refractivity contribution in [1.29, 1.82) is 0 Å². The van der Waals surface area contributed by atoms with Crippen molar-refractivity contribution in [2.75, 3.05) is 19.8 Å². The van der Waals surface area contributed by atoms with Crippen molar-refractivity contribution in [1.82, 2.24) is 0 Å². The quantitative estimate of drug-likeness (QED) is 0.879. The van der Waals surface area contributed by atoms with Crippen molar-refractivity contribution in [2.45, 2.75) is 6.42 Å². The van der Waals surface area contributed by atoms with Gasteiger partial charge in [0.25, 0.3) is 0 Å². The van der Waals surface area contributed by atoms with E-state index in [4.69, 9.17) is 14.6 Å². The van der Waals surface area contributed by atoms with Crippen molar-refractivity contribution >= 4 is 15.9 Å². The van der Waals surface area contributed by atoms with E-state index in [0.29, 0.717) is 19.6 Å². The highest BCUT2D eigenvalue weighted by atomic mass is 79.9. The fourth-order valence-electron chi connectivity index (χ4n) is 1.49. The summed E-state index contributed by atoms with van der Waals surface area (Å²) in [4.78, 5) is 0. The van der Waals surface area contributed by atoms with Crippen LogP contribution in [0.5, 0.6) is 11.5 Å². The molecule has 14 heavy (non-hydrogen) atoms. The SMILES string of the molecule is OCCc1c(Br)ccc2c1OCCO2. The minimum atomic E-state index is 0.110. The van der Waals surface area contributed by atoms with Crippen molar-refractivity contribution in [3.63, 3.8) is 0 Å². The molecular weight excluding hydrogens is 248 g/mol. The zero-order valence-corrected chi connectivity index (χ0v) is 9.21. The Morgan fingerprint density at radius 3 is 2.86 bits per heavy atom. The van der Waals surface area contributed by atoms with E-state index >= 15 is 0 Å². The van der Waals surface area contributed by atoms with Crippen LogP contribution in [-0.2, 0) is 6.42 Å². The van der Waals surface area contributed by atoms with E-state index < -0.39 is 0 Å². The molecule has 1 N–H and O–H groups in total. The third-order valence-electron chi connectivity index (χ3n) is 2.12. The molecule has 1 heterocycles. The molecule has 0 fully saturated rings. The maximum absolute atomic E-state index is 8.93. The molecule has 1 aromatic carbocycles. The number of halogens is 1. The Bertz CT molecular complexity index is 338. The first-order chi connectivity index (χ1) is 6.83. The molecule has 0 unspecified atom stereocenters. The minimum absolute atomic E-state index is 0.110. The molecule has 2 rings (SSSR count). The molecule has 0 amide bonds. The van der Waals surface area contributed by atoms with Crippen LogP contribution < -0.4 is 9.47 Å². The average Bonchev–Trinajstić information content (AvgIpc) is 2.23. The largest absolute Gasteiger partial charge is 0.486 e. The Kier molecular flexibility index (Phi) is 2.93. The van der Waals surface area contributed by atoms with Crippen LogP contribution in [0.15, 0.2) is 16.6 Å². The summed E-state index contributed by atoms with van der Waals surface area (Å²) in [7, 11) is 0. The van der Waals surface area contributed by atoms with Gasteiger partial charge in [0.2, 0.25) is 0 Å². The van der Waals surface area contributed by atoms with Crippen molar-refractivity contribution in [2.24, 2.45) is 0 Å². The van der Waals surface area contributed by atoms with E-state index in [2.05, 4.69) is 15.9 Å². The second kappa shape index (κ2) is 4.19. The average molecular weight is 259 g/mol. The summed E-state index contributed by atoms with van der Waals surface area (Å²) in [5.74, 6) is 1.53. The van der Waals surface area contributed by atoms with Crippen LogP contribution in [0.3, 0.4) is 0 Å². The van der Waals surface area contributed by atoms with Crippen molar-refractivity contribution < 1.29 is 14.6 Å². The van der Waals surface area contributed by atoms with E-state index in [0.717, 1.165) is 21.5 Å². The summed E-state index contributed by atoms with van der Waals surface area (Å²) < 4.78 is 11.9. The van der Waals surface area contributed by atoms with Gasteiger partial charge in [0.15, 0.2) is 11.5 Å². The number of rotatable bonds is 2. The minimum Gasteiger partial charge on any atom is -0.486 e.